The summed E-state index contributed by atoms with van der Waals surface area (Å²) in [5.74, 6) is 3.06. The molecule has 1 aliphatic rings. The minimum Gasteiger partial charge on any atom is -0.384 e. The van der Waals surface area contributed by atoms with Gasteiger partial charge in [0.1, 0.15) is 5.82 Å². The van der Waals surface area contributed by atoms with Crippen LogP contribution in [0.5, 0.6) is 0 Å². The number of aromatic amines is 1. The first-order chi connectivity index (χ1) is 7.70. The summed E-state index contributed by atoms with van der Waals surface area (Å²) in [4.78, 5) is 7.98. The highest BCUT2D eigenvalue weighted by atomic mass is 16.5. The van der Waals surface area contributed by atoms with Crippen LogP contribution in [0.1, 0.15) is 56.5 Å². The molecule has 0 bridgehead atoms. The molecule has 0 aliphatic heterocycles. The molecule has 0 saturated heterocycles. The van der Waals surface area contributed by atoms with E-state index in [1.807, 2.05) is 6.20 Å². The molecule has 2 rings (SSSR count). The Labute approximate surface area is 97.6 Å². The van der Waals surface area contributed by atoms with Crippen LogP contribution in [-0.4, -0.2) is 23.7 Å². The van der Waals surface area contributed by atoms with Crippen LogP contribution in [-0.2, 0) is 4.74 Å². The molecule has 1 heterocycles. The Bertz CT molecular complexity index is 332. The molecule has 1 N–H and O–H groups in total. The van der Waals surface area contributed by atoms with Gasteiger partial charge in [0.15, 0.2) is 0 Å². The molecular weight excluding hydrogens is 200 g/mol. The summed E-state index contributed by atoms with van der Waals surface area (Å²) in [6.07, 6.45) is 5.73. The van der Waals surface area contributed by atoms with Crippen LogP contribution in [0, 0.1) is 5.92 Å². The van der Waals surface area contributed by atoms with Crippen LogP contribution in [0.2, 0.25) is 0 Å². The molecule has 3 nitrogen and oxygen atoms in total. The normalized spacial score (nSPS) is 25.5. The summed E-state index contributed by atoms with van der Waals surface area (Å²) in [6.45, 7) is 5.29. The van der Waals surface area contributed by atoms with Crippen molar-refractivity contribution in [1.82, 2.24) is 9.97 Å². The molecule has 1 aromatic heterocycles. The Morgan fingerprint density at radius 3 is 2.94 bits per heavy atom. The topological polar surface area (TPSA) is 37.9 Å². The van der Waals surface area contributed by atoms with Gasteiger partial charge in [0.05, 0.1) is 0 Å². The molecule has 0 unspecified atom stereocenters. The molecule has 3 heteroatoms. The maximum absolute atomic E-state index is 5.22. The van der Waals surface area contributed by atoms with Gasteiger partial charge in [-0.05, 0) is 31.1 Å². The molecule has 90 valence electrons. The van der Waals surface area contributed by atoms with E-state index in [0.717, 1.165) is 12.5 Å². The number of imidazole rings is 1. The minimum atomic E-state index is 0.539. The SMILES string of the molecule is COC[C@@H]1CC[C@H](c2ncc(C(C)C)[nH]2)C1. The third-order valence-electron chi connectivity index (χ3n) is 3.57. The number of hydrogen-bond donors (Lipinski definition) is 1. The lowest BCUT2D eigenvalue weighted by atomic mass is 10.1. The first-order valence-corrected chi connectivity index (χ1v) is 6.24. The van der Waals surface area contributed by atoms with Crippen LogP contribution in [0.25, 0.3) is 0 Å². The van der Waals surface area contributed by atoms with Crippen LogP contribution in [0.15, 0.2) is 6.20 Å². The summed E-state index contributed by atoms with van der Waals surface area (Å²) < 4.78 is 5.22. The fraction of sp³-hybridized carbons (Fsp3) is 0.769. The highest BCUT2D eigenvalue weighted by Gasteiger charge is 2.27. The van der Waals surface area contributed by atoms with E-state index in [4.69, 9.17) is 4.74 Å². The van der Waals surface area contributed by atoms with Gasteiger partial charge in [-0.25, -0.2) is 4.98 Å². The largest absolute Gasteiger partial charge is 0.384 e. The maximum atomic E-state index is 5.22. The van der Waals surface area contributed by atoms with Crippen molar-refractivity contribution in [2.24, 2.45) is 5.92 Å². The van der Waals surface area contributed by atoms with Crippen molar-refractivity contribution in [3.05, 3.63) is 17.7 Å². The number of methoxy groups -OCH3 is 1. The van der Waals surface area contributed by atoms with Crippen LogP contribution in [0.3, 0.4) is 0 Å². The zero-order chi connectivity index (χ0) is 11.5. The van der Waals surface area contributed by atoms with Crippen LogP contribution < -0.4 is 0 Å². The Morgan fingerprint density at radius 1 is 1.50 bits per heavy atom. The smallest absolute Gasteiger partial charge is 0.109 e. The van der Waals surface area contributed by atoms with Crippen molar-refractivity contribution < 1.29 is 4.74 Å². The average molecular weight is 222 g/mol. The molecular formula is C13H22N2O. The Morgan fingerprint density at radius 2 is 2.31 bits per heavy atom. The first kappa shape index (κ1) is 11.6. The van der Waals surface area contributed by atoms with E-state index in [0.29, 0.717) is 11.8 Å². The first-order valence-electron chi connectivity index (χ1n) is 6.24. The van der Waals surface area contributed by atoms with Gasteiger partial charge < -0.3 is 9.72 Å². The van der Waals surface area contributed by atoms with E-state index in [1.54, 1.807) is 7.11 Å². The fourth-order valence-corrected chi connectivity index (χ4v) is 2.56. The lowest BCUT2D eigenvalue weighted by Gasteiger charge is -2.08. The summed E-state index contributed by atoms with van der Waals surface area (Å²) in [5.41, 5.74) is 1.25. The summed E-state index contributed by atoms with van der Waals surface area (Å²) in [6, 6.07) is 0. The molecule has 0 amide bonds. The van der Waals surface area contributed by atoms with Gasteiger partial charge in [-0.3, -0.25) is 0 Å². The predicted octanol–water partition coefficient (Wildman–Crippen LogP) is 3.06. The molecule has 1 fully saturated rings. The monoisotopic (exact) mass is 222 g/mol. The second-order valence-electron chi connectivity index (χ2n) is 5.21. The molecule has 2 atom stereocenters. The number of H-pyrrole nitrogens is 1. The maximum Gasteiger partial charge on any atom is 0.109 e. The Kier molecular flexibility index (Phi) is 3.64. The van der Waals surface area contributed by atoms with Gasteiger partial charge in [0.25, 0.3) is 0 Å². The van der Waals surface area contributed by atoms with Crippen LogP contribution in [0.4, 0.5) is 0 Å². The number of aromatic nitrogens is 2. The lowest BCUT2D eigenvalue weighted by molar-refractivity contribution is 0.154. The van der Waals surface area contributed by atoms with Gasteiger partial charge in [0.2, 0.25) is 0 Å². The summed E-state index contributed by atoms with van der Waals surface area (Å²) in [5, 5.41) is 0. The van der Waals surface area contributed by atoms with E-state index >= 15 is 0 Å². The van der Waals surface area contributed by atoms with E-state index in [9.17, 15) is 0 Å². The van der Waals surface area contributed by atoms with Crippen molar-refractivity contribution in [2.75, 3.05) is 13.7 Å². The summed E-state index contributed by atoms with van der Waals surface area (Å²) in [7, 11) is 1.79. The molecule has 0 radical (unpaired) electrons. The van der Waals surface area contributed by atoms with E-state index in [2.05, 4.69) is 23.8 Å². The quantitative estimate of drug-likeness (QED) is 0.850. The zero-order valence-corrected chi connectivity index (χ0v) is 10.5. The van der Waals surface area contributed by atoms with Crippen molar-refractivity contribution in [1.29, 1.82) is 0 Å². The van der Waals surface area contributed by atoms with Gasteiger partial charge in [-0.1, -0.05) is 13.8 Å². The van der Waals surface area contributed by atoms with E-state index < -0.39 is 0 Å². The second-order valence-corrected chi connectivity index (χ2v) is 5.21. The number of ether oxygens (including phenoxy) is 1. The van der Waals surface area contributed by atoms with Gasteiger partial charge in [-0.2, -0.15) is 0 Å². The molecule has 16 heavy (non-hydrogen) atoms. The van der Waals surface area contributed by atoms with E-state index in [-0.39, 0.29) is 0 Å². The lowest BCUT2D eigenvalue weighted by Crippen LogP contribution is -2.04. The average Bonchev–Trinajstić information content (AvgIpc) is 2.84. The van der Waals surface area contributed by atoms with Crippen molar-refractivity contribution in [3.63, 3.8) is 0 Å². The van der Waals surface area contributed by atoms with Crippen LogP contribution >= 0.6 is 0 Å². The Hall–Kier alpha value is -0.830. The van der Waals surface area contributed by atoms with Gasteiger partial charge >= 0.3 is 0 Å². The van der Waals surface area contributed by atoms with Gasteiger partial charge in [0, 0.05) is 31.5 Å². The molecule has 1 aromatic rings. The number of hydrogen-bond acceptors (Lipinski definition) is 2. The molecule has 0 aromatic carbocycles. The predicted molar refractivity (Wildman–Crippen MR) is 64.6 cm³/mol. The third-order valence-corrected chi connectivity index (χ3v) is 3.57. The van der Waals surface area contributed by atoms with Crippen molar-refractivity contribution >= 4 is 0 Å². The van der Waals surface area contributed by atoms with Gasteiger partial charge in [-0.15, -0.1) is 0 Å². The molecule has 1 saturated carbocycles. The zero-order valence-electron chi connectivity index (χ0n) is 10.5. The summed E-state index contributed by atoms with van der Waals surface area (Å²) >= 11 is 0. The Balaban J connectivity index is 1.97. The standard InChI is InChI=1S/C13H22N2O/c1-9(2)12-7-14-13(15-12)11-5-4-10(6-11)8-16-3/h7,9-11H,4-6,8H2,1-3H3,(H,14,15)/t10-,11+/m1/s1. The second kappa shape index (κ2) is 5.00. The molecule has 0 spiro atoms. The number of rotatable bonds is 4. The number of nitrogens with one attached hydrogen (secondary N) is 1. The third kappa shape index (κ3) is 2.46. The highest BCUT2D eigenvalue weighted by molar-refractivity contribution is 5.10. The fourth-order valence-electron chi connectivity index (χ4n) is 2.56. The highest BCUT2D eigenvalue weighted by Crippen LogP contribution is 2.37. The molecule has 1 aliphatic carbocycles. The van der Waals surface area contributed by atoms with E-state index in [1.165, 1.54) is 30.8 Å². The minimum absolute atomic E-state index is 0.539. The van der Waals surface area contributed by atoms with Crippen molar-refractivity contribution in [2.45, 2.75) is 44.9 Å². The number of nitrogens with zero attached hydrogens (tertiary/aromatic N) is 1. The van der Waals surface area contributed by atoms with Crippen molar-refractivity contribution in [3.8, 4) is 0 Å².